The van der Waals surface area contributed by atoms with E-state index in [4.69, 9.17) is 0 Å². The molecule has 0 radical (unpaired) electrons. The minimum absolute atomic E-state index is 0. The van der Waals surface area contributed by atoms with Crippen molar-refractivity contribution in [2.24, 2.45) is 0 Å². The van der Waals surface area contributed by atoms with Gasteiger partial charge in [0.1, 0.15) is 0 Å². The van der Waals surface area contributed by atoms with Gasteiger partial charge in [0.25, 0.3) is 0 Å². The third-order valence-electron chi connectivity index (χ3n) is 12.0. The number of halogens is 2. The minimum Gasteiger partial charge on any atom is -0.147 e. The molecule has 52 heavy (non-hydrogen) atoms. The molecule has 4 aromatic rings. The van der Waals surface area contributed by atoms with Gasteiger partial charge in [-0.25, -0.2) is 0 Å². The number of benzene rings is 4. The maximum Gasteiger partial charge on any atom is -0.147 e. The first kappa shape index (κ1) is 42.8. The van der Waals surface area contributed by atoms with Crippen molar-refractivity contribution in [2.75, 3.05) is 0 Å². The van der Waals surface area contributed by atoms with Crippen LogP contribution in [0.25, 0.3) is 34.4 Å². The third-order valence-corrected chi connectivity index (χ3v) is 29.5. The van der Waals surface area contributed by atoms with Gasteiger partial charge in [-0.15, -0.1) is 24.8 Å². The van der Waals surface area contributed by atoms with Crippen molar-refractivity contribution in [3.05, 3.63) is 129 Å². The van der Waals surface area contributed by atoms with Crippen LogP contribution in [0.1, 0.15) is 135 Å². The van der Waals surface area contributed by atoms with Gasteiger partial charge in [0.15, 0.2) is 0 Å². The fraction of sp³-hybridized carbons (Fsp3) is 0.417. The molecule has 0 heterocycles. The Kier molecular flexibility index (Phi) is 13.2. The molecular weight excluding hydrogens is 767 g/mol. The molecule has 0 N–H and O–H groups in total. The monoisotopic (exact) mass is 828 g/mol. The molecule has 0 aromatic heterocycles. The van der Waals surface area contributed by atoms with E-state index in [2.05, 4.69) is 169 Å². The molecule has 2 atom stereocenters. The Labute approximate surface area is 331 Å². The van der Waals surface area contributed by atoms with E-state index in [9.17, 15) is 0 Å². The van der Waals surface area contributed by atoms with Crippen LogP contribution in [-0.4, -0.2) is 6.88 Å². The van der Waals surface area contributed by atoms with E-state index in [1.54, 1.807) is 22.3 Å². The first-order valence-corrected chi connectivity index (χ1v) is 33.2. The molecule has 0 saturated heterocycles. The average molecular weight is 831 g/mol. The second-order valence-corrected chi connectivity index (χ2v) is 49.2. The van der Waals surface area contributed by atoms with Crippen LogP contribution in [0.4, 0.5) is 0 Å². The summed E-state index contributed by atoms with van der Waals surface area (Å²) >= 11 is -3.74. The first-order valence-electron chi connectivity index (χ1n) is 19.5. The molecule has 0 amide bonds. The van der Waals surface area contributed by atoms with Crippen molar-refractivity contribution in [1.82, 2.24) is 0 Å². The van der Waals surface area contributed by atoms with Crippen molar-refractivity contribution in [2.45, 2.75) is 121 Å². The Morgan fingerprint density at radius 3 is 1.19 bits per heavy atom. The molecule has 0 bridgehead atoms. The molecule has 0 fully saturated rings. The molecule has 0 spiro atoms. The number of fused-ring (bicyclic) bond motifs is 2. The van der Waals surface area contributed by atoms with Gasteiger partial charge >= 0.3 is 309 Å². The fourth-order valence-electron chi connectivity index (χ4n) is 9.33. The quantitative estimate of drug-likeness (QED) is 0.140. The van der Waals surface area contributed by atoms with Crippen LogP contribution in [0, 0.1) is 0 Å². The van der Waals surface area contributed by atoms with Crippen LogP contribution < -0.4 is 0 Å². The molecule has 0 saturated carbocycles. The zero-order valence-electron chi connectivity index (χ0n) is 33.7. The summed E-state index contributed by atoms with van der Waals surface area (Å²) in [6.07, 6.45) is 12.7. The van der Waals surface area contributed by atoms with Gasteiger partial charge in [0.2, 0.25) is 0 Å². The molecule has 4 aromatic carbocycles. The molecule has 278 valence electrons. The van der Waals surface area contributed by atoms with Crippen LogP contribution in [0.2, 0.25) is 9.26 Å². The maximum atomic E-state index is 2.83. The van der Waals surface area contributed by atoms with Crippen molar-refractivity contribution in [1.29, 1.82) is 0 Å². The normalized spacial score (nSPS) is 17.1. The average Bonchev–Trinajstić information content (AvgIpc) is 3.65. The summed E-state index contributed by atoms with van der Waals surface area (Å²) < 4.78 is 6.74. The topological polar surface area (TPSA) is 0 Å². The van der Waals surface area contributed by atoms with E-state index in [-0.39, 0.29) is 35.6 Å². The number of allylic oxidation sites excluding steroid dienone is 2. The van der Waals surface area contributed by atoms with Gasteiger partial charge in [-0.1, -0.05) is 0 Å². The molecule has 0 nitrogen and oxygen atoms in total. The number of hydrogen-bond donors (Lipinski definition) is 0. The van der Waals surface area contributed by atoms with E-state index in [0.717, 1.165) is 0 Å². The van der Waals surface area contributed by atoms with Crippen LogP contribution in [0.3, 0.4) is 0 Å². The van der Waals surface area contributed by atoms with Gasteiger partial charge in [-0.2, -0.15) is 0 Å². The van der Waals surface area contributed by atoms with Crippen molar-refractivity contribution >= 4 is 43.8 Å². The van der Waals surface area contributed by atoms with E-state index in [0.29, 0.717) is 7.25 Å². The van der Waals surface area contributed by atoms with E-state index in [1.807, 2.05) is 0 Å². The number of unbranched alkanes of at least 4 members (excludes halogenated alkanes) is 2. The summed E-state index contributed by atoms with van der Waals surface area (Å²) in [4.78, 5) is 0. The van der Waals surface area contributed by atoms with Crippen LogP contribution in [0.15, 0.2) is 96.1 Å². The zero-order chi connectivity index (χ0) is 36.1. The molecule has 4 heteroatoms. The van der Waals surface area contributed by atoms with E-state index in [1.165, 1.54) is 83.0 Å². The molecule has 6 rings (SSSR count). The number of hydrogen-bond acceptors (Lipinski definition) is 0. The van der Waals surface area contributed by atoms with Gasteiger partial charge in [0, 0.05) is 0 Å². The summed E-state index contributed by atoms with van der Waals surface area (Å²) in [5, 5.41) is 0. The Morgan fingerprint density at radius 1 is 0.538 bits per heavy atom. The van der Waals surface area contributed by atoms with Crippen molar-refractivity contribution in [3.63, 3.8) is 0 Å². The summed E-state index contributed by atoms with van der Waals surface area (Å²) in [6, 6.07) is 33.4. The van der Waals surface area contributed by atoms with Gasteiger partial charge in [0.05, 0.1) is 0 Å². The van der Waals surface area contributed by atoms with Crippen LogP contribution in [-0.2, 0) is 28.2 Å². The predicted octanol–water partition coefficient (Wildman–Crippen LogP) is 14.7. The van der Waals surface area contributed by atoms with Gasteiger partial charge < -0.3 is 0 Å². The Bertz CT molecular complexity index is 1870. The zero-order valence-corrected chi connectivity index (χ0v) is 39.2. The van der Waals surface area contributed by atoms with E-state index < -0.39 is 17.4 Å². The van der Waals surface area contributed by atoms with Crippen molar-refractivity contribution < 1.29 is 17.4 Å². The largest absolute Gasteiger partial charge is 0.147 e. The van der Waals surface area contributed by atoms with Crippen LogP contribution in [0.5, 0.6) is 0 Å². The Morgan fingerprint density at radius 2 is 0.885 bits per heavy atom. The predicted molar refractivity (Wildman–Crippen MR) is 236 cm³/mol. The minimum atomic E-state index is -3.74. The first-order chi connectivity index (χ1) is 23.5. The summed E-state index contributed by atoms with van der Waals surface area (Å²) in [6.45, 7) is 21.1. The number of rotatable bonds is 10. The molecular formula is C48H64Cl2SiZr. The Hall–Kier alpha value is -1.96. The molecule has 0 aliphatic heterocycles. The van der Waals surface area contributed by atoms with Crippen LogP contribution >= 0.6 is 24.8 Å². The molecule has 2 unspecified atom stereocenters. The molecule has 2 aliphatic rings. The van der Waals surface area contributed by atoms with Gasteiger partial charge in [-0.05, 0) is 0 Å². The summed E-state index contributed by atoms with van der Waals surface area (Å²) in [5.74, 6) is 0. The smallest absolute Gasteiger partial charge is 0.147 e. The SMILES string of the molecule is CCCCC1=Cc2c(-c3ccc(C(C)(C)C)cc3)cccc2[CH]1[Zr]([CH3])([CH3])(=[SiH2])[CH]1C(CCCC)=Cc2c(-c3ccc(C(C)(C)C)cc3)cccc21.Cl.Cl. The fourth-order valence-corrected chi connectivity index (χ4v) is 29.2. The summed E-state index contributed by atoms with van der Waals surface area (Å²) in [5.41, 5.74) is 18.2. The Balaban J connectivity index is 0.00000302. The second kappa shape index (κ2) is 16.0. The standard InChI is InChI=1S/2C23H27.2CH3.2ClH.H2Si.Zr/c2*1-5-6-8-17-15-19-9-7-10-21(22(19)16-17)18-11-13-20(14-12-18)23(2,3)4;;;;;;/h2*7,9-16H,5-6,8H2,1-4H3;2*1H3;2*1H;1H2;. The summed E-state index contributed by atoms with van der Waals surface area (Å²) in [7, 11) is 0. The maximum absolute atomic E-state index is 3.74. The van der Waals surface area contributed by atoms with Crippen molar-refractivity contribution in [3.8, 4) is 22.3 Å². The third kappa shape index (κ3) is 8.17. The van der Waals surface area contributed by atoms with E-state index >= 15 is 0 Å². The molecule has 2 aliphatic carbocycles. The van der Waals surface area contributed by atoms with Gasteiger partial charge in [-0.3, -0.25) is 0 Å². The second-order valence-electron chi connectivity index (χ2n) is 18.7.